The van der Waals surface area contributed by atoms with Gasteiger partial charge in [0.05, 0.1) is 0 Å². The SMILES string of the molecule is CCCC(C)(CC)N1CCCC1C. The van der Waals surface area contributed by atoms with Gasteiger partial charge in [0.15, 0.2) is 0 Å². The zero-order valence-corrected chi connectivity index (χ0v) is 9.77. The standard InChI is InChI=1S/C12H25N/c1-5-9-12(4,6-2)13-10-7-8-11(13)3/h11H,5-10H2,1-4H3. The maximum atomic E-state index is 2.73. The van der Waals surface area contributed by atoms with Crippen molar-refractivity contribution in [2.75, 3.05) is 6.54 Å². The van der Waals surface area contributed by atoms with E-state index in [1.165, 1.54) is 38.6 Å². The minimum Gasteiger partial charge on any atom is -0.295 e. The number of hydrogen-bond acceptors (Lipinski definition) is 1. The molecule has 1 aliphatic rings. The van der Waals surface area contributed by atoms with Gasteiger partial charge in [0.1, 0.15) is 0 Å². The molecule has 1 heterocycles. The van der Waals surface area contributed by atoms with Gasteiger partial charge in [0.25, 0.3) is 0 Å². The van der Waals surface area contributed by atoms with Crippen LogP contribution in [-0.4, -0.2) is 23.0 Å². The molecule has 0 amide bonds. The molecule has 0 aliphatic carbocycles. The highest BCUT2D eigenvalue weighted by molar-refractivity contribution is 4.90. The fourth-order valence-electron chi connectivity index (χ4n) is 2.80. The summed E-state index contributed by atoms with van der Waals surface area (Å²) in [6.45, 7) is 10.8. The smallest absolute Gasteiger partial charge is 0.0181 e. The largest absolute Gasteiger partial charge is 0.295 e. The fourth-order valence-corrected chi connectivity index (χ4v) is 2.80. The maximum Gasteiger partial charge on any atom is 0.0181 e. The third-order valence-electron chi connectivity index (χ3n) is 3.80. The van der Waals surface area contributed by atoms with Crippen molar-refractivity contribution in [2.45, 2.75) is 71.4 Å². The molecule has 0 aromatic heterocycles. The van der Waals surface area contributed by atoms with E-state index in [-0.39, 0.29) is 0 Å². The van der Waals surface area contributed by atoms with Crippen molar-refractivity contribution in [2.24, 2.45) is 0 Å². The molecule has 1 heteroatoms. The van der Waals surface area contributed by atoms with Crippen molar-refractivity contribution in [3.8, 4) is 0 Å². The Balaban J connectivity index is 2.63. The van der Waals surface area contributed by atoms with Crippen LogP contribution >= 0.6 is 0 Å². The van der Waals surface area contributed by atoms with Crippen LogP contribution < -0.4 is 0 Å². The molecule has 1 fully saturated rings. The van der Waals surface area contributed by atoms with Gasteiger partial charge in [-0.25, -0.2) is 0 Å². The van der Waals surface area contributed by atoms with Crippen LogP contribution in [0.15, 0.2) is 0 Å². The van der Waals surface area contributed by atoms with E-state index in [0.29, 0.717) is 5.54 Å². The van der Waals surface area contributed by atoms with Gasteiger partial charge >= 0.3 is 0 Å². The summed E-state index contributed by atoms with van der Waals surface area (Å²) in [5.74, 6) is 0. The highest BCUT2D eigenvalue weighted by atomic mass is 15.2. The Bertz CT molecular complexity index is 155. The molecule has 0 N–H and O–H groups in total. The summed E-state index contributed by atoms with van der Waals surface area (Å²) in [6.07, 6.45) is 6.77. The molecule has 2 unspecified atom stereocenters. The van der Waals surface area contributed by atoms with Gasteiger partial charge in [-0.15, -0.1) is 0 Å². The van der Waals surface area contributed by atoms with Crippen molar-refractivity contribution in [3.63, 3.8) is 0 Å². The summed E-state index contributed by atoms with van der Waals surface area (Å²) in [7, 11) is 0. The van der Waals surface area contributed by atoms with Crippen LogP contribution in [0.25, 0.3) is 0 Å². The first kappa shape index (κ1) is 11.0. The predicted octanol–water partition coefficient (Wildman–Crippen LogP) is 3.44. The van der Waals surface area contributed by atoms with Crippen LogP contribution in [0, 0.1) is 0 Å². The number of likely N-dealkylation sites (tertiary alicyclic amines) is 1. The summed E-state index contributed by atoms with van der Waals surface area (Å²) in [5, 5.41) is 0. The van der Waals surface area contributed by atoms with E-state index in [0.717, 1.165) is 6.04 Å². The lowest BCUT2D eigenvalue weighted by Crippen LogP contribution is -2.47. The number of rotatable bonds is 4. The second-order valence-electron chi connectivity index (χ2n) is 4.79. The van der Waals surface area contributed by atoms with Crippen LogP contribution in [0.3, 0.4) is 0 Å². The molecule has 1 aliphatic heterocycles. The van der Waals surface area contributed by atoms with E-state index in [9.17, 15) is 0 Å². The zero-order valence-electron chi connectivity index (χ0n) is 9.77. The molecule has 1 saturated heterocycles. The average Bonchev–Trinajstić information content (AvgIpc) is 2.52. The molecule has 2 atom stereocenters. The molecule has 0 aromatic rings. The fraction of sp³-hybridized carbons (Fsp3) is 1.00. The van der Waals surface area contributed by atoms with E-state index in [2.05, 4.69) is 32.6 Å². The molecule has 78 valence electrons. The van der Waals surface area contributed by atoms with Gasteiger partial charge in [-0.3, -0.25) is 4.90 Å². The van der Waals surface area contributed by atoms with Gasteiger partial charge < -0.3 is 0 Å². The van der Waals surface area contributed by atoms with Crippen LogP contribution in [0.1, 0.15) is 59.8 Å². The molecule has 0 spiro atoms. The maximum absolute atomic E-state index is 2.73. The lowest BCUT2D eigenvalue weighted by atomic mass is 9.90. The predicted molar refractivity (Wildman–Crippen MR) is 59.0 cm³/mol. The average molecular weight is 183 g/mol. The first-order valence-corrected chi connectivity index (χ1v) is 5.90. The molecular formula is C12H25N. The van der Waals surface area contributed by atoms with E-state index < -0.39 is 0 Å². The Labute approximate surface area is 83.5 Å². The van der Waals surface area contributed by atoms with E-state index in [1.54, 1.807) is 0 Å². The van der Waals surface area contributed by atoms with Crippen LogP contribution in [0.4, 0.5) is 0 Å². The van der Waals surface area contributed by atoms with Gasteiger partial charge in [-0.2, -0.15) is 0 Å². The zero-order chi connectivity index (χ0) is 9.90. The second kappa shape index (κ2) is 4.45. The highest BCUT2D eigenvalue weighted by Gasteiger charge is 2.34. The highest BCUT2D eigenvalue weighted by Crippen LogP contribution is 2.32. The molecule has 0 bridgehead atoms. The quantitative estimate of drug-likeness (QED) is 0.645. The van der Waals surface area contributed by atoms with Crippen LogP contribution in [0.2, 0.25) is 0 Å². The lowest BCUT2D eigenvalue weighted by Gasteiger charge is -2.41. The van der Waals surface area contributed by atoms with Crippen LogP contribution in [-0.2, 0) is 0 Å². The molecule has 1 nitrogen and oxygen atoms in total. The summed E-state index contributed by atoms with van der Waals surface area (Å²) in [4.78, 5) is 2.73. The Morgan fingerprint density at radius 1 is 1.38 bits per heavy atom. The lowest BCUT2D eigenvalue weighted by molar-refractivity contribution is 0.0830. The van der Waals surface area contributed by atoms with Crippen molar-refractivity contribution >= 4 is 0 Å². The third-order valence-corrected chi connectivity index (χ3v) is 3.80. The number of hydrogen-bond donors (Lipinski definition) is 0. The van der Waals surface area contributed by atoms with Gasteiger partial charge in [0, 0.05) is 11.6 Å². The summed E-state index contributed by atoms with van der Waals surface area (Å²) in [5.41, 5.74) is 0.477. The molecular weight excluding hydrogens is 158 g/mol. The second-order valence-corrected chi connectivity index (χ2v) is 4.79. The molecule has 1 rings (SSSR count). The molecule has 13 heavy (non-hydrogen) atoms. The normalized spacial score (nSPS) is 29.1. The first-order valence-electron chi connectivity index (χ1n) is 5.90. The minimum atomic E-state index is 0.477. The monoisotopic (exact) mass is 183 g/mol. The Morgan fingerprint density at radius 2 is 2.08 bits per heavy atom. The van der Waals surface area contributed by atoms with Gasteiger partial charge in [-0.1, -0.05) is 20.3 Å². The van der Waals surface area contributed by atoms with Gasteiger partial charge in [-0.05, 0) is 46.1 Å². The Hall–Kier alpha value is -0.0400. The van der Waals surface area contributed by atoms with Gasteiger partial charge in [0.2, 0.25) is 0 Å². The summed E-state index contributed by atoms with van der Waals surface area (Å²) < 4.78 is 0. The van der Waals surface area contributed by atoms with E-state index in [4.69, 9.17) is 0 Å². The van der Waals surface area contributed by atoms with Crippen molar-refractivity contribution < 1.29 is 0 Å². The van der Waals surface area contributed by atoms with E-state index in [1.807, 2.05) is 0 Å². The summed E-state index contributed by atoms with van der Waals surface area (Å²) in [6, 6.07) is 0.816. The van der Waals surface area contributed by atoms with Crippen molar-refractivity contribution in [1.82, 2.24) is 4.90 Å². The van der Waals surface area contributed by atoms with Crippen molar-refractivity contribution in [1.29, 1.82) is 0 Å². The first-order chi connectivity index (χ1) is 6.14. The third kappa shape index (κ3) is 2.25. The molecule has 0 saturated carbocycles. The molecule has 0 radical (unpaired) electrons. The number of nitrogens with zero attached hydrogens (tertiary/aromatic N) is 1. The van der Waals surface area contributed by atoms with Crippen LogP contribution in [0.5, 0.6) is 0 Å². The Kier molecular flexibility index (Phi) is 3.78. The molecule has 0 aromatic carbocycles. The Morgan fingerprint density at radius 3 is 2.46 bits per heavy atom. The van der Waals surface area contributed by atoms with Crippen molar-refractivity contribution in [3.05, 3.63) is 0 Å². The minimum absolute atomic E-state index is 0.477. The topological polar surface area (TPSA) is 3.24 Å². The summed E-state index contributed by atoms with van der Waals surface area (Å²) >= 11 is 0. The van der Waals surface area contributed by atoms with E-state index >= 15 is 0 Å².